The molecule has 0 aromatic heterocycles. The zero-order valence-electron chi connectivity index (χ0n) is 12.0. The van der Waals surface area contributed by atoms with Crippen LogP contribution in [-0.4, -0.2) is 76.5 Å². The van der Waals surface area contributed by atoms with E-state index in [1.54, 1.807) is 9.80 Å². The van der Waals surface area contributed by atoms with Crippen molar-refractivity contribution in [2.24, 2.45) is 5.92 Å². The molecule has 3 aliphatic rings. The molecule has 0 radical (unpaired) electrons. The van der Waals surface area contributed by atoms with Gasteiger partial charge in [-0.1, -0.05) is 0 Å². The largest absolute Gasteiger partial charge is 0.481 e. The Labute approximate surface area is 123 Å². The van der Waals surface area contributed by atoms with Crippen molar-refractivity contribution < 1.29 is 19.5 Å². The van der Waals surface area contributed by atoms with Gasteiger partial charge in [-0.25, -0.2) is 4.79 Å². The number of carboxylic acids is 1. The van der Waals surface area contributed by atoms with Gasteiger partial charge >= 0.3 is 12.0 Å². The third-order valence-corrected chi connectivity index (χ3v) is 4.81. The Hall–Kier alpha value is -1.79. The second kappa shape index (κ2) is 5.54. The van der Waals surface area contributed by atoms with Crippen LogP contribution in [0.3, 0.4) is 0 Å². The van der Waals surface area contributed by atoms with E-state index in [4.69, 9.17) is 5.11 Å². The number of urea groups is 1. The van der Waals surface area contributed by atoms with Gasteiger partial charge in [-0.2, -0.15) is 0 Å². The predicted octanol–water partition coefficient (Wildman–Crippen LogP) is 0.210. The first kappa shape index (κ1) is 14.2. The lowest BCUT2D eigenvalue weighted by molar-refractivity contribution is -0.143. The van der Waals surface area contributed by atoms with Gasteiger partial charge in [0, 0.05) is 45.2 Å². The summed E-state index contributed by atoms with van der Waals surface area (Å²) in [7, 11) is 0. The summed E-state index contributed by atoms with van der Waals surface area (Å²) in [6.45, 7) is 2.67. The quantitative estimate of drug-likeness (QED) is 0.750. The SMILES string of the molecule is O=C(O)C1CCCN(C(=O)N2CCN3C(=O)CCC3C2)C1. The molecule has 3 heterocycles. The average molecular weight is 295 g/mol. The van der Waals surface area contributed by atoms with Crippen LogP contribution in [0.25, 0.3) is 0 Å². The van der Waals surface area contributed by atoms with Gasteiger partial charge in [-0.3, -0.25) is 9.59 Å². The number of aliphatic carboxylic acids is 1. The molecule has 0 saturated carbocycles. The lowest BCUT2D eigenvalue weighted by Gasteiger charge is -2.41. The van der Waals surface area contributed by atoms with Crippen molar-refractivity contribution in [1.82, 2.24) is 14.7 Å². The van der Waals surface area contributed by atoms with Crippen molar-refractivity contribution in [1.29, 1.82) is 0 Å². The summed E-state index contributed by atoms with van der Waals surface area (Å²) < 4.78 is 0. The van der Waals surface area contributed by atoms with Gasteiger partial charge in [0.25, 0.3) is 0 Å². The maximum atomic E-state index is 12.5. The number of hydrogen-bond donors (Lipinski definition) is 1. The van der Waals surface area contributed by atoms with Crippen molar-refractivity contribution >= 4 is 17.9 Å². The van der Waals surface area contributed by atoms with E-state index in [1.165, 1.54) is 0 Å². The van der Waals surface area contributed by atoms with Crippen LogP contribution in [0.4, 0.5) is 4.79 Å². The number of rotatable bonds is 1. The van der Waals surface area contributed by atoms with Crippen LogP contribution in [0, 0.1) is 5.92 Å². The smallest absolute Gasteiger partial charge is 0.320 e. The van der Waals surface area contributed by atoms with E-state index in [0.717, 1.165) is 12.8 Å². The van der Waals surface area contributed by atoms with Crippen LogP contribution < -0.4 is 0 Å². The van der Waals surface area contributed by atoms with E-state index in [0.29, 0.717) is 45.6 Å². The Morgan fingerprint density at radius 1 is 1.05 bits per heavy atom. The highest BCUT2D eigenvalue weighted by molar-refractivity contribution is 5.80. The lowest BCUT2D eigenvalue weighted by atomic mass is 9.98. The minimum atomic E-state index is -0.821. The third-order valence-electron chi connectivity index (χ3n) is 4.81. The van der Waals surface area contributed by atoms with Crippen molar-refractivity contribution in [3.63, 3.8) is 0 Å². The normalized spacial score (nSPS) is 29.5. The molecule has 0 aliphatic carbocycles. The number of nitrogens with zero attached hydrogens (tertiary/aromatic N) is 3. The molecule has 7 heteroatoms. The van der Waals surface area contributed by atoms with Crippen LogP contribution in [0.15, 0.2) is 0 Å². The maximum Gasteiger partial charge on any atom is 0.320 e. The molecule has 7 nitrogen and oxygen atoms in total. The van der Waals surface area contributed by atoms with E-state index in [1.807, 2.05) is 4.90 Å². The Bertz CT molecular complexity index is 467. The molecule has 3 fully saturated rings. The van der Waals surface area contributed by atoms with E-state index in [9.17, 15) is 14.4 Å². The summed E-state index contributed by atoms with van der Waals surface area (Å²) in [5, 5.41) is 9.10. The van der Waals surface area contributed by atoms with E-state index >= 15 is 0 Å². The first-order valence-corrected chi connectivity index (χ1v) is 7.62. The summed E-state index contributed by atoms with van der Waals surface area (Å²) in [6.07, 6.45) is 2.78. The molecule has 116 valence electrons. The summed E-state index contributed by atoms with van der Waals surface area (Å²) in [5.74, 6) is -1.08. The van der Waals surface area contributed by atoms with Gasteiger partial charge < -0.3 is 19.8 Å². The number of amides is 3. The van der Waals surface area contributed by atoms with Gasteiger partial charge in [-0.15, -0.1) is 0 Å². The Balaban J connectivity index is 1.60. The fourth-order valence-electron chi connectivity index (χ4n) is 3.59. The average Bonchev–Trinajstić information content (AvgIpc) is 2.87. The minimum absolute atomic E-state index is 0.0695. The Morgan fingerprint density at radius 2 is 1.81 bits per heavy atom. The first-order chi connectivity index (χ1) is 10.1. The number of piperidine rings is 1. The summed E-state index contributed by atoms with van der Waals surface area (Å²) in [4.78, 5) is 40.6. The number of likely N-dealkylation sites (tertiary alicyclic amines) is 1. The molecule has 0 spiro atoms. The number of fused-ring (bicyclic) bond motifs is 1. The lowest BCUT2D eigenvalue weighted by Crippen LogP contribution is -2.57. The maximum absolute atomic E-state index is 12.5. The Morgan fingerprint density at radius 3 is 2.57 bits per heavy atom. The first-order valence-electron chi connectivity index (χ1n) is 7.62. The monoisotopic (exact) mass is 295 g/mol. The molecule has 0 bridgehead atoms. The number of piperazine rings is 1. The predicted molar refractivity (Wildman–Crippen MR) is 73.6 cm³/mol. The second-order valence-corrected chi connectivity index (χ2v) is 6.13. The van der Waals surface area contributed by atoms with Crippen molar-refractivity contribution in [3.05, 3.63) is 0 Å². The highest BCUT2D eigenvalue weighted by Gasteiger charge is 2.39. The number of carbonyl (C=O) groups excluding carboxylic acids is 2. The molecule has 2 atom stereocenters. The standard InChI is InChI=1S/C14H21N3O4/c18-12-4-3-11-9-16(6-7-17(11)12)14(21)15-5-1-2-10(8-15)13(19)20/h10-11H,1-9H2,(H,19,20). The zero-order valence-corrected chi connectivity index (χ0v) is 12.0. The number of carbonyl (C=O) groups is 3. The van der Waals surface area contributed by atoms with Crippen molar-refractivity contribution in [3.8, 4) is 0 Å². The molecule has 3 amide bonds. The van der Waals surface area contributed by atoms with E-state index < -0.39 is 11.9 Å². The van der Waals surface area contributed by atoms with Crippen LogP contribution >= 0.6 is 0 Å². The molecule has 0 aromatic rings. The fraction of sp³-hybridized carbons (Fsp3) is 0.786. The van der Waals surface area contributed by atoms with Crippen LogP contribution in [0.2, 0.25) is 0 Å². The van der Waals surface area contributed by atoms with Gasteiger partial charge in [-0.05, 0) is 19.3 Å². The third kappa shape index (κ3) is 2.69. The van der Waals surface area contributed by atoms with Gasteiger partial charge in [0.2, 0.25) is 5.91 Å². The minimum Gasteiger partial charge on any atom is -0.481 e. The molecule has 0 aromatic carbocycles. The zero-order chi connectivity index (χ0) is 15.0. The highest BCUT2D eigenvalue weighted by Crippen LogP contribution is 2.24. The van der Waals surface area contributed by atoms with Crippen LogP contribution in [-0.2, 0) is 9.59 Å². The topological polar surface area (TPSA) is 81.2 Å². The molecule has 3 aliphatic heterocycles. The molecule has 3 rings (SSSR count). The van der Waals surface area contributed by atoms with Gasteiger partial charge in [0.1, 0.15) is 0 Å². The van der Waals surface area contributed by atoms with Crippen molar-refractivity contribution in [2.75, 3.05) is 32.7 Å². The highest BCUT2D eigenvalue weighted by atomic mass is 16.4. The summed E-state index contributed by atoms with van der Waals surface area (Å²) >= 11 is 0. The fourth-order valence-corrected chi connectivity index (χ4v) is 3.59. The summed E-state index contributed by atoms with van der Waals surface area (Å²) in [6, 6.07) is 0.0789. The van der Waals surface area contributed by atoms with Gasteiger partial charge in [0.05, 0.1) is 5.92 Å². The van der Waals surface area contributed by atoms with Crippen LogP contribution in [0.5, 0.6) is 0 Å². The van der Waals surface area contributed by atoms with E-state index in [2.05, 4.69) is 0 Å². The van der Waals surface area contributed by atoms with Crippen LogP contribution in [0.1, 0.15) is 25.7 Å². The second-order valence-electron chi connectivity index (χ2n) is 6.13. The molecular formula is C14H21N3O4. The summed E-state index contributed by atoms with van der Waals surface area (Å²) in [5.41, 5.74) is 0. The van der Waals surface area contributed by atoms with Crippen molar-refractivity contribution in [2.45, 2.75) is 31.7 Å². The number of hydrogen-bond acceptors (Lipinski definition) is 3. The molecule has 3 saturated heterocycles. The molecular weight excluding hydrogens is 274 g/mol. The van der Waals surface area contributed by atoms with E-state index in [-0.39, 0.29) is 18.0 Å². The van der Waals surface area contributed by atoms with Gasteiger partial charge in [0.15, 0.2) is 0 Å². The Kier molecular flexibility index (Phi) is 3.73. The molecule has 2 unspecified atom stereocenters. The number of carboxylic acid groups (broad SMARTS) is 1. The molecule has 21 heavy (non-hydrogen) atoms. The molecule has 1 N–H and O–H groups in total.